The molecule has 55 heavy (non-hydrogen) atoms. The molecule has 2 aliphatic rings. The van der Waals surface area contributed by atoms with Gasteiger partial charge in [0.2, 0.25) is 0 Å². The van der Waals surface area contributed by atoms with Gasteiger partial charge in [-0.3, -0.25) is 0 Å². The molecule has 0 amide bonds. The second-order valence-corrected chi connectivity index (χ2v) is 17.1. The van der Waals surface area contributed by atoms with Crippen LogP contribution in [0.1, 0.15) is 98.1 Å². The first kappa shape index (κ1) is 37.0. The molecule has 2 aliphatic heterocycles. The average molecular weight is 902 g/mol. The van der Waals surface area contributed by atoms with Crippen LogP contribution < -0.4 is 4.74 Å². The van der Waals surface area contributed by atoms with Crippen LogP contribution in [0.2, 0.25) is 0 Å². The minimum Gasteiger partial charge on any atom is -0.503 e. The van der Waals surface area contributed by atoms with E-state index in [1.807, 2.05) is 12.3 Å². The van der Waals surface area contributed by atoms with Gasteiger partial charge >= 0.3 is 21.1 Å². The fourth-order valence-corrected chi connectivity index (χ4v) is 8.27. The molecule has 0 saturated heterocycles. The third-order valence-electron chi connectivity index (χ3n) is 11.2. The first-order valence-electron chi connectivity index (χ1n) is 19.0. The van der Waals surface area contributed by atoms with Gasteiger partial charge in [-0.05, 0) is 57.3 Å². The molecule has 0 fully saturated rings. The summed E-state index contributed by atoms with van der Waals surface area (Å²) in [6, 6.07) is 44.6. The van der Waals surface area contributed by atoms with E-state index in [-0.39, 0.29) is 44.0 Å². The van der Waals surface area contributed by atoms with Crippen LogP contribution in [0.3, 0.4) is 0 Å². The molecular formula is C49H46N4OPt. The van der Waals surface area contributed by atoms with Crippen molar-refractivity contribution in [1.82, 2.24) is 14.5 Å². The van der Waals surface area contributed by atoms with Gasteiger partial charge in [0.25, 0.3) is 0 Å². The minimum absolute atomic E-state index is 0. The Kier molecular flexibility index (Phi) is 9.16. The number of ether oxygens (including phenoxy) is 1. The smallest absolute Gasteiger partial charge is 0.503 e. The number of hydrogen-bond donors (Lipinski definition) is 0. The summed E-state index contributed by atoms with van der Waals surface area (Å²) in [6.07, 6.45) is 1.87. The van der Waals surface area contributed by atoms with Crippen molar-refractivity contribution in [2.75, 3.05) is 0 Å². The maximum Gasteiger partial charge on any atom is 2.00 e. The molecule has 9 rings (SSSR count). The van der Waals surface area contributed by atoms with Crippen molar-refractivity contribution >= 4 is 27.8 Å². The average Bonchev–Trinajstić information content (AvgIpc) is 3.81. The number of aliphatic imine (C=N–C) groups is 1. The Bertz CT molecular complexity index is 2630. The van der Waals surface area contributed by atoms with Crippen LogP contribution in [0.5, 0.6) is 11.5 Å². The molecule has 278 valence electrons. The van der Waals surface area contributed by atoms with E-state index in [1.165, 1.54) is 27.6 Å². The van der Waals surface area contributed by atoms with Crippen molar-refractivity contribution in [2.45, 2.75) is 84.8 Å². The van der Waals surface area contributed by atoms with Gasteiger partial charge < -0.3 is 19.2 Å². The molecule has 2 atom stereocenters. The molecule has 0 N–H and O–H groups in total. The summed E-state index contributed by atoms with van der Waals surface area (Å²) >= 11 is 0. The fourth-order valence-electron chi connectivity index (χ4n) is 8.27. The predicted octanol–water partition coefficient (Wildman–Crippen LogP) is 11.8. The van der Waals surface area contributed by atoms with Crippen LogP contribution in [-0.4, -0.2) is 20.3 Å². The first-order valence-corrected chi connectivity index (χ1v) is 19.0. The van der Waals surface area contributed by atoms with Gasteiger partial charge in [-0.1, -0.05) is 133 Å². The number of hydrogen-bond acceptors (Lipinski definition) is 4. The van der Waals surface area contributed by atoms with Gasteiger partial charge in [0.15, 0.2) is 0 Å². The Balaban J connectivity index is 0.00000427. The Morgan fingerprint density at radius 1 is 0.727 bits per heavy atom. The molecular weight excluding hydrogens is 856 g/mol. The maximum atomic E-state index is 6.89. The molecule has 0 radical (unpaired) electrons. The van der Waals surface area contributed by atoms with E-state index in [0.29, 0.717) is 11.5 Å². The standard InChI is InChI=1S/C49H46N4O.Pt/c1-30-23-31(2)43(28-40(30)47-51-44(32-15-10-9-11-16-32)45-38-18-13-12-17-33(38)29-52(45)47)54-37-25-35(49(6,7)8)24-36(27-37)53-42-21-20-34(48(3,4)5)26-41(42)39-19-14-22-50-46(39)53;/h9-26,44-45H,29H2,1-8H3;/q-2;+2/t44-,45+;/m1./s1. The van der Waals surface area contributed by atoms with Crippen LogP contribution in [0.15, 0.2) is 114 Å². The molecule has 0 unspecified atom stereocenters. The van der Waals surface area contributed by atoms with Crippen molar-refractivity contribution in [3.8, 4) is 17.2 Å². The molecule has 4 heterocycles. The number of amidine groups is 1. The van der Waals surface area contributed by atoms with Crippen molar-refractivity contribution < 1.29 is 25.8 Å². The van der Waals surface area contributed by atoms with Gasteiger partial charge in [0.05, 0.1) is 17.6 Å². The monoisotopic (exact) mass is 901 g/mol. The Morgan fingerprint density at radius 2 is 1.47 bits per heavy atom. The van der Waals surface area contributed by atoms with Gasteiger partial charge in [-0.25, -0.2) is 4.98 Å². The molecule has 7 aromatic rings. The quantitative estimate of drug-likeness (QED) is 0.162. The second-order valence-electron chi connectivity index (χ2n) is 17.1. The summed E-state index contributed by atoms with van der Waals surface area (Å²) in [5.74, 6) is 2.29. The van der Waals surface area contributed by atoms with Crippen LogP contribution in [0.4, 0.5) is 0 Å². The SMILES string of the molecule is Cc1cc(C)c(C2=N[C@H](c3ccccc3)[C@@H]3c4ccccc4CN23)[c-]c1Oc1[c-]c(-n2c3ccc(C(C)(C)C)cc3c3cccnc32)cc(C(C)(C)C)c1.[Pt+2]. The van der Waals surface area contributed by atoms with Gasteiger partial charge in [0.1, 0.15) is 5.65 Å². The van der Waals surface area contributed by atoms with E-state index < -0.39 is 0 Å². The van der Waals surface area contributed by atoms with Crippen molar-refractivity contribution in [1.29, 1.82) is 0 Å². The van der Waals surface area contributed by atoms with E-state index >= 15 is 0 Å². The van der Waals surface area contributed by atoms with Gasteiger partial charge in [-0.2, -0.15) is 0 Å². The van der Waals surface area contributed by atoms with Crippen LogP contribution in [0, 0.1) is 26.0 Å². The maximum absolute atomic E-state index is 6.89. The zero-order valence-electron chi connectivity index (χ0n) is 32.8. The molecule has 0 saturated carbocycles. The topological polar surface area (TPSA) is 42.6 Å². The number of aryl methyl sites for hydroxylation is 2. The van der Waals surface area contributed by atoms with Crippen molar-refractivity contribution in [3.63, 3.8) is 0 Å². The molecule has 5 aromatic carbocycles. The largest absolute Gasteiger partial charge is 2.00 e. The van der Waals surface area contributed by atoms with E-state index in [9.17, 15) is 0 Å². The van der Waals surface area contributed by atoms with Crippen molar-refractivity contribution in [3.05, 3.63) is 166 Å². The summed E-state index contributed by atoms with van der Waals surface area (Å²) in [5.41, 5.74) is 12.3. The fraction of sp³-hybridized carbons (Fsp3) is 0.265. The summed E-state index contributed by atoms with van der Waals surface area (Å²) < 4.78 is 9.13. The Hall–Kier alpha value is -4.99. The van der Waals surface area contributed by atoms with Gasteiger partial charge in [0, 0.05) is 40.8 Å². The zero-order valence-corrected chi connectivity index (χ0v) is 35.0. The third-order valence-corrected chi connectivity index (χ3v) is 11.2. The molecule has 2 aromatic heterocycles. The Labute approximate surface area is 339 Å². The molecule has 0 aliphatic carbocycles. The molecule has 5 nitrogen and oxygen atoms in total. The van der Waals surface area contributed by atoms with Crippen molar-refractivity contribution in [2.24, 2.45) is 4.99 Å². The Morgan fingerprint density at radius 3 is 2.24 bits per heavy atom. The summed E-state index contributed by atoms with van der Waals surface area (Å²) in [7, 11) is 0. The number of benzene rings is 5. The van der Waals surface area contributed by atoms with Gasteiger partial charge in [-0.15, -0.1) is 41.0 Å². The summed E-state index contributed by atoms with van der Waals surface area (Å²) in [6.45, 7) is 18.6. The molecule has 6 heteroatoms. The number of pyridine rings is 1. The van der Waals surface area contributed by atoms with Crippen LogP contribution in [-0.2, 0) is 38.4 Å². The normalized spacial score (nSPS) is 16.6. The molecule has 0 bridgehead atoms. The number of rotatable bonds is 5. The number of fused-ring (bicyclic) bond motifs is 6. The van der Waals surface area contributed by atoms with Crippen LogP contribution >= 0.6 is 0 Å². The second kappa shape index (κ2) is 13.6. The summed E-state index contributed by atoms with van der Waals surface area (Å²) in [5, 5.41) is 2.31. The number of aromatic nitrogens is 2. The third kappa shape index (κ3) is 6.41. The zero-order chi connectivity index (χ0) is 37.5. The van der Waals surface area contributed by atoms with E-state index in [0.717, 1.165) is 56.9 Å². The predicted molar refractivity (Wildman–Crippen MR) is 220 cm³/mol. The van der Waals surface area contributed by atoms with E-state index in [2.05, 4.69) is 174 Å². The van der Waals surface area contributed by atoms with E-state index in [1.54, 1.807) is 0 Å². The summed E-state index contributed by atoms with van der Waals surface area (Å²) in [4.78, 5) is 12.8. The molecule has 0 spiro atoms. The van der Waals surface area contributed by atoms with Crippen LogP contribution in [0.25, 0.3) is 27.6 Å². The minimum atomic E-state index is -0.143. The first-order chi connectivity index (χ1) is 25.8. The number of nitrogens with zero attached hydrogens (tertiary/aromatic N) is 4. The van der Waals surface area contributed by atoms with E-state index in [4.69, 9.17) is 14.7 Å².